The number of nitrogens with one attached hydrogen (secondary N) is 1. The third kappa shape index (κ3) is 2.26. The van der Waals surface area contributed by atoms with Crippen molar-refractivity contribution < 1.29 is 19.1 Å². The lowest BCUT2D eigenvalue weighted by molar-refractivity contribution is -0.151. The van der Waals surface area contributed by atoms with Gasteiger partial charge in [0.15, 0.2) is 0 Å². The Hall–Kier alpha value is -1.30. The van der Waals surface area contributed by atoms with Crippen LogP contribution in [0, 0.1) is 5.92 Å². The number of hydrogen-bond donors (Lipinski definition) is 1. The Balaban J connectivity index is 1.76. The van der Waals surface area contributed by atoms with Gasteiger partial charge in [0.05, 0.1) is 30.7 Å². The molecule has 2 bridgehead atoms. The zero-order valence-corrected chi connectivity index (χ0v) is 12.3. The lowest BCUT2D eigenvalue weighted by Crippen LogP contribution is -2.60. The van der Waals surface area contributed by atoms with Crippen molar-refractivity contribution in [2.24, 2.45) is 5.92 Å². The van der Waals surface area contributed by atoms with Crippen LogP contribution in [-0.4, -0.2) is 53.8 Å². The van der Waals surface area contributed by atoms with E-state index in [1.54, 1.807) is 4.90 Å². The number of morpholine rings is 1. The number of ether oxygens (including phenoxy) is 2. The van der Waals surface area contributed by atoms with Crippen LogP contribution in [-0.2, 0) is 14.3 Å². The van der Waals surface area contributed by atoms with Crippen LogP contribution in [0.25, 0.3) is 0 Å². The molecule has 0 aromatic heterocycles. The summed E-state index contributed by atoms with van der Waals surface area (Å²) in [7, 11) is 0. The van der Waals surface area contributed by atoms with Crippen LogP contribution in [0.1, 0.15) is 33.6 Å². The molecule has 3 atom stereocenters. The van der Waals surface area contributed by atoms with Gasteiger partial charge in [-0.3, -0.25) is 4.79 Å². The number of fused-ring (bicyclic) bond motifs is 1. The quantitative estimate of drug-likeness (QED) is 0.717. The average molecular weight is 282 g/mol. The van der Waals surface area contributed by atoms with Gasteiger partial charge in [-0.15, -0.1) is 0 Å². The monoisotopic (exact) mass is 282 g/mol. The van der Waals surface area contributed by atoms with E-state index in [1.165, 1.54) is 0 Å². The Morgan fingerprint density at radius 3 is 2.95 bits per heavy atom. The maximum absolute atomic E-state index is 12.2. The molecule has 3 heterocycles. The molecular formula is C14H22N2O4. The van der Waals surface area contributed by atoms with Crippen LogP contribution in [0.2, 0.25) is 0 Å². The minimum atomic E-state index is -0.505. The van der Waals surface area contributed by atoms with E-state index in [0.29, 0.717) is 26.1 Å². The molecule has 6 heteroatoms. The minimum Gasteiger partial charge on any atom is -0.444 e. The highest BCUT2D eigenvalue weighted by molar-refractivity contribution is 5.82. The Morgan fingerprint density at radius 1 is 1.50 bits per heavy atom. The van der Waals surface area contributed by atoms with Crippen LogP contribution in [0.15, 0.2) is 0 Å². The van der Waals surface area contributed by atoms with Gasteiger partial charge < -0.3 is 19.7 Å². The molecule has 0 unspecified atom stereocenters. The summed E-state index contributed by atoms with van der Waals surface area (Å²) in [5, 5.41) is 2.89. The molecule has 112 valence electrons. The van der Waals surface area contributed by atoms with Gasteiger partial charge in [0.1, 0.15) is 5.60 Å². The summed E-state index contributed by atoms with van der Waals surface area (Å²) in [5.41, 5.74) is -1.00. The SMILES string of the molecule is CC(C)(C)OC(=O)N1C[C@H]2C[C@@H]3C(=O)NCC[C@@]3(C1)O2. The van der Waals surface area contributed by atoms with Crippen LogP contribution >= 0.6 is 0 Å². The Morgan fingerprint density at radius 2 is 2.25 bits per heavy atom. The van der Waals surface area contributed by atoms with E-state index in [0.717, 1.165) is 6.42 Å². The largest absolute Gasteiger partial charge is 0.444 e. The van der Waals surface area contributed by atoms with Gasteiger partial charge in [-0.05, 0) is 33.6 Å². The molecule has 1 spiro atoms. The molecule has 6 nitrogen and oxygen atoms in total. The number of carbonyl (C=O) groups excluding carboxylic acids is 2. The molecule has 20 heavy (non-hydrogen) atoms. The van der Waals surface area contributed by atoms with Gasteiger partial charge in [0.2, 0.25) is 5.91 Å². The standard InChI is InChI=1S/C14H22N2O4/c1-13(2,3)20-12(18)16-7-9-6-10-11(17)15-5-4-14(10,8-16)19-9/h9-10H,4-8H2,1-3H3,(H,15,17)/t9-,10-,14+/m1/s1. The predicted octanol–water partition coefficient (Wildman–Crippen LogP) is 0.901. The molecule has 0 radical (unpaired) electrons. The smallest absolute Gasteiger partial charge is 0.410 e. The molecule has 2 amide bonds. The zero-order valence-electron chi connectivity index (χ0n) is 12.3. The van der Waals surface area contributed by atoms with Gasteiger partial charge in [-0.25, -0.2) is 4.79 Å². The molecular weight excluding hydrogens is 260 g/mol. The number of amides is 2. The van der Waals surface area contributed by atoms with Crippen molar-refractivity contribution in [3.05, 3.63) is 0 Å². The van der Waals surface area contributed by atoms with Crippen molar-refractivity contribution in [1.29, 1.82) is 0 Å². The van der Waals surface area contributed by atoms with Gasteiger partial charge in [-0.1, -0.05) is 0 Å². The van der Waals surface area contributed by atoms with E-state index in [2.05, 4.69) is 5.32 Å². The molecule has 3 fully saturated rings. The highest BCUT2D eigenvalue weighted by Gasteiger charge is 2.58. The van der Waals surface area contributed by atoms with Gasteiger partial charge >= 0.3 is 6.09 Å². The lowest BCUT2D eigenvalue weighted by atomic mass is 9.81. The molecule has 3 aliphatic heterocycles. The highest BCUT2D eigenvalue weighted by Crippen LogP contribution is 2.44. The van der Waals surface area contributed by atoms with E-state index in [9.17, 15) is 9.59 Å². The van der Waals surface area contributed by atoms with Crippen LogP contribution in [0.3, 0.4) is 0 Å². The van der Waals surface area contributed by atoms with Gasteiger partial charge in [0, 0.05) is 6.54 Å². The third-order valence-corrected chi connectivity index (χ3v) is 4.23. The Bertz CT molecular complexity index is 445. The Kier molecular flexibility index (Phi) is 2.97. The maximum atomic E-state index is 12.2. The first-order valence-electron chi connectivity index (χ1n) is 7.23. The highest BCUT2D eigenvalue weighted by atomic mass is 16.6. The molecule has 3 aliphatic rings. The van der Waals surface area contributed by atoms with E-state index < -0.39 is 11.2 Å². The van der Waals surface area contributed by atoms with Crippen molar-refractivity contribution >= 4 is 12.0 Å². The normalized spacial score (nSPS) is 36.4. The van der Waals surface area contributed by atoms with Crippen molar-refractivity contribution in [3.63, 3.8) is 0 Å². The molecule has 3 saturated heterocycles. The summed E-state index contributed by atoms with van der Waals surface area (Å²) in [5.74, 6) is -0.0709. The first-order valence-corrected chi connectivity index (χ1v) is 7.23. The predicted molar refractivity (Wildman–Crippen MR) is 71.1 cm³/mol. The van der Waals surface area contributed by atoms with E-state index in [1.807, 2.05) is 20.8 Å². The van der Waals surface area contributed by atoms with Gasteiger partial charge in [-0.2, -0.15) is 0 Å². The fraction of sp³-hybridized carbons (Fsp3) is 0.857. The summed E-state index contributed by atoms with van der Waals surface area (Å²) < 4.78 is 11.5. The minimum absolute atomic E-state index is 0.0508. The van der Waals surface area contributed by atoms with Crippen LogP contribution in [0.4, 0.5) is 4.79 Å². The first kappa shape index (κ1) is 13.7. The van der Waals surface area contributed by atoms with E-state index in [4.69, 9.17) is 9.47 Å². The molecule has 0 aromatic carbocycles. The molecule has 0 aromatic rings. The second-order valence-electron chi connectivity index (χ2n) is 6.99. The van der Waals surface area contributed by atoms with Gasteiger partial charge in [0.25, 0.3) is 0 Å². The topological polar surface area (TPSA) is 67.9 Å². The second-order valence-corrected chi connectivity index (χ2v) is 6.99. The number of nitrogens with zero attached hydrogens (tertiary/aromatic N) is 1. The number of likely N-dealkylation sites (tertiary alicyclic amines) is 1. The van der Waals surface area contributed by atoms with E-state index >= 15 is 0 Å². The molecule has 3 rings (SSSR count). The number of piperidine rings is 1. The summed E-state index contributed by atoms with van der Waals surface area (Å²) in [6.45, 7) is 7.15. The first-order chi connectivity index (χ1) is 9.29. The molecule has 0 saturated carbocycles. The summed E-state index contributed by atoms with van der Waals surface area (Å²) >= 11 is 0. The van der Waals surface area contributed by atoms with E-state index in [-0.39, 0.29) is 24.0 Å². The van der Waals surface area contributed by atoms with Crippen molar-refractivity contribution in [2.45, 2.75) is 50.9 Å². The van der Waals surface area contributed by atoms with Crippen molar-refractivity contribution in [3.8, 4) is 0 Å². The van der Waals surface area contributed by atoms with Crippen molar-refractivity contribution in [1.82, 2.24) is 10.2 Å². The summed E-state index contributed by atoms with van der Waals surface area (Å²) in [4.78, 5) is 25.9. The fourth-order valence-electron chi connectivity index (χ4n) is 3.48. The Labute approximate surface area is 118 Å². The number of carbonyl (C=O) groups is 2. The lowest BCUT2D eigenvalue weighted by Gasteiger charge is -2.44. The summed E-state index contributed by atoms with van der Waals surface area (Å²) in [6, 6.07) is 0. The zero-order chi connectivity index (χ0) is 14.5. The average Bonchev–Trinajstić information content (AvgIpc) is 2.58. The summed E-state index contributed by atoms with van der Waals surface area (Å²) in [6.07, 6.45) is 1.10. The third-order valence-electron chi connectivity index (χ3n) is 4.23. The van der Waals surface area contributed by atoms with Crippen molar-refractivity contribution in [2.75, 3.05) is 19.6 Å². The van der Waals surface area contributed by atoms with Crippen LogP contribution in [0.5, 0.6) is 0 Å². The second kappa shape index (κ2) is 4.35. The fourth-order valence-corrected chi connectivity index (χ4v) is 3.48. The molecule has 1 N–H and O–H groups in total. The number of hydrogen-bond acceptors (Lipinski definition) is 4. The molecule has 0 aliphatic carbocycles. The maximum Gasteiger partial charge on any atom is 0.410 e. The number of rotatable bonds is 0. The van der Waals surface area contributed by atoms with Crippen LogP contribution < -0.4 is 5.32 Å².